The van der Waals surface area contributed by atoms with E-state index in [1.165, 1.54) is 21.8 Å². The molecule has 3 aromatic heterocycles. The first kappa shape index (κ1) is 31.9. The molecule has 0 aliphatic carbocycles. The van der Waals surface area contributed by atoms with Crippen molar-refractivity contribution < 1.29 is 4.42 Å². The molecule has 11 aromatic rings. The summed E-state index contributed by atoms with van der Waals surface area (Å²) in [5.74, 6) is 0.659. The fraction of sp³-hybridized carbons (Fsp3) is 0. The summed E-state index contributed by atoms with van der Waals surface area (Å²) in [5.41, 5.74) is 15.1. The third-order valence-corrected chi connectivity index (χ3v) is 10.8. The molecule has 0 amide bonds. The van der Waals surface area contributed by atoms with Gasteiger partial charge >= 0.3 is 0 Å². The third-order valence-electron chi connectivity index (χ3n) is 10.8. The Morgan fingerprint density at radius 3 is 1.66 bits per heavy atom. The average Bonchev–Trinajstić information content (AvgIpc) is 3.83. The van der Waals surface area contributed by atoms with E-state index in [0.29, 0.717) is 11.4 Å². The summed E-state index contributed by atoms with van der Waals surface area (Å²) in [7, 11) is 0. The van der Waals surface area contributed by atoms with Gasteiger partial charge in [0.05, 0.1) is 16.4 Å². The predicted octanol–water partition coefficient (Wildman–Crippen LogP) is 13.8. The molecule has 0 fully saturated rings. The van der Waals surface area contributed by atoms with Gasteiger partial charge in [-0.25, -0.2) is 9.97 Å². The molecular weight excluding hydrogens is 683 g/mol. The van der Waals surface area contributed by atoms with Gasteiger partial charge in [-0.15, -0.1) is 0 Å². The Morgan fingerprint density at radius 1 is 0.393 bits per heavy atom. The van der Waals surface area contributed by atoms with Gasteiger partial charge in [-0.2, -0.15) is 0 Å². The standard InChI is InChI=1S/C52H33N3O/c1-3-15-34(16-4-1)36-19-12-23-40(32-36)49-51-50(54-52(53-49)35-17-5-2-6-18-35)48-42(27-14-30-47(48)56-51)39-22-11-20-37(31-39)38-21-13-24-41(33-38)55-45-28-9-7-25-43(45)44-26-8-10-29-46(44)55/h1-33H. The highest BCUT2D eigenvalue weighted by atomic mass is 16.3. The summed E-state index contributed by atoms with van der Waals surface area (Å²) in [4.78, 5) is 10.4. The summed E-state index contributed by atoms with van der Waals surface area (Å²) in [5, 5.41) is 3.48. The minimum Gasteiger partial charge on any atom is -0.452 e. The van der Waals surface area contributed by atoms with Crippen LogP contribution in [0.1, 0.15) is 0 Å². The quantitative estimate of drug-likeness (QED) is 0.172. The summed E-state index contributed by atoms with van der Waals surface area (Å²) in [6, 6.07) is 70.3. The smallest absolute Gasteiger partial charge is 0.180 e. The highest BCUT2D eigenvalue weighted by Crippen LogP contribution is 2.42. The van der Waals surface area contributed by atoms with Gasteiger partial charge in [0.2, 0.25) is 0 Å². The number of rotatable bonds is 6. The molecule has 0 N–H and O–H groups in total. The summed E-state index contributed by atoms with van der Waals surface area (Å²) < 4.78 is 9.12. The normalized spacial score (nSPS) is 11.6. The van der Waals surface area contributed by atoms with Gasteiger partial charge in [0, 0.05) is 27.6 Å². The molecule has 262 valence electrons. The molecule has 0 spiro atoms. The Balaban J connectivity index is 1.08. The lowest BCUT2D eigenvalue weighted by atomic mass is 9.96. The molecule has 3 heterocycles. The number of hydrogen-bond donors (Lipinski definition) is 0. The van der Waals surface area contributed by atoms with E-state index >= 15 is 0 Å². The highest BCUT2D eigenvalue weighted by molar-refractivity contribution is 6.14. The maximum atomic E-state index is 6.75. The monoisotopic (exact) mass is 715 g/mol. The Hall–Kier alpha value is -7.56. The SMILES string of the molecule is c1ccc(-c2cccc(-c3nc(-c4ccccc4)nc4c3oc3cccc(-c5cccc(-c6cccc(-n7c8ccccc8c8ccccc87)c6)c5)c34)c2)cc1. The van der Waals surface area contributed by atoms with Crippen LogP contribution in [0.5, 0.6) is 0 Å². The molecule has 0 atom stereocenters. The summed E-state index contributed by atoms with van der Waals surface area (Å²) >= 11 is 0. The lowest BCUT2D eigenvalue weighted by Gasteiger charge is -2.12. The molecule has 0 bridgehead atoms. The first-order valence-electron chi connectivity index (χ1n) is 18.9. The van der Waals surface area contributed by atoms with E-state index < -0.39 is 0 Å². The number of nitrogens with zero attached hydrogens (tertiary/aromatic N) is 3. The zero-order valence-corrected chi connectivity index (χ0v) is 30.3. The van der Waals surface area contributed by atoms with Crippen molar-refractivity contribution in [2.75, 3.05) is 0 Å². The number of fused-ring (bicyclic) bond motifs is 6. The number of hydrogen-bond acceptors (Lipinski definition) is 3. The van der Waals surface area contributed by atoms with E-state index in [9.17, 15) is 0 Å². The number of aromatic nitrogens is 3. The molecule has 56 heavy (non-hydrogen) atoms. The maximum absolute atomic E-state index is 6.75. The zero-order valence-electron chi connectivity index (χ0n) is 30.3. The van der Waals surface area contributed by atoms with Gasteiger partial charge in [0.15, 0.2) is 11.4 Å². The van der Waals surface area contributed by atoms with Crippen LogP contribution >= 0.6 is 0 Å². The number of furan rings is 1. The molecular formula is C52H33N3O. The maximum Gasteiger partial charge on any atom is 0.180 e. The fourth-order valence-electron chi connectivity index (χ4n) is 8.21. The van der Waals surface area contributed by atoms with Crippen molar-refractivity contribution in [2.24, 2.45) is 0 Å². The van der Waals surface area contributed by atoms with Crippen LogP contribution in [0.2, 0.25) is 0 Å². The average molecular weight is 716 g/mol. The van der Waals surface area contributed by atoms with Gasteiger partial charge in [0.1, 0.15) is 16.8 Å². The second-order valence-corrected chi connectivity index (χ2v) is 14.2. The summed E-state index contributed by atoms with van der Waals surface area (Å²) in [6.45, 7) is 0. The molecule has 0 saturated heterocycles. The Labute approximate surface area is 323 Å². The van der Waals surface area contributed by atoms with Crippen molar-refractivity contribution in [2.45, 2.75) is 0 Å². The Bertz CT molecular complexity index is 3200. The molecule has 4 heteroatoms. The molecule has 0 unspecified atom stereocenters. The molecule has 0 saturated carbocycles. The van der Waals surface area contributed by atoms with E-state index in [0.717, 1.165) is 72.4 Å². The van der Waals surface area contributed by atoms with Gasteiger partial charge in [-0.05, 0) is 75.8 Å². The van der Waals surface area contributed by atoms with Crippen LogP contribution in [0, 0.1) is 0 Å². The molecule has 8 aromatic carbocycles. The minimum absolute atomic E-state index is 0.659. The van der Waals surface area contributed by atoms with Crippen LogP contribution in [-0.2, 0) is 0 Å². The first-order valence-corrected chi connectivity index (χ1v) is 18.9. The van der Waals surface area contributed by atoms with E-state index in [4.69, 9.17) is 14.4 Å². The molecule has 0 aliphatic rings. The second kappa shape index (κ2) is 13.1. The Kier molecular flexibility index (Phi) is 7.46. The van der Waals surface area contributed by atoms with Gasteiger partial charge < -0.3 is 8.98 Å². The molecule has 11 rings (SSSR count). The van der Waals surface area contributed by atoms with Crippen molar-refractivity contribution in [1.82, 2.24) is 14.5 Å². The summed E-state index contributed by atoms with van der Waals surface area (Å²) in [6.07, 6.45) is 0. The van der Waals surface area contributed by atoms with Crippen molar-refractivity contribution in [3.8, 4) is 61.7 Å². The van der Waals surface area contributed by atoms with Gasteiger partial charge in [0.25, 0.3) is 0 Å². The predicted molar refractivity (Wildman–Crippen MR) is 231 cm³/mol. The van der Waals surface area contributed by atoms with Crippen LogP contribution in [0.3, 0.4) is 0 Å². The zero-order chi connectivity index (χ0) is 37.0. The van der Waals surface area contributed by atoms with Crippen LogP contribution in [0.4, 0.5) is 0 Å². The van der Waals surface area contributed by atoms with Gasteiger partial charge in [-0.3, -0.25) is 0 Å². The number of benzene rings is 8. The molecule has 0 aliphatic heterocycles. The van der Waals surface area contributed by atoms with Crippen LogP contribution in [-0.4, -0.2) is 14.5 Å². The molecule has 4 nitrogen and oxygen atoms in total. The van der Waals surface area contributed by atoms with Crippen LogP contribution < -0.4 is 0 Å². The Morgan fingerprint density at radius 2 is 0.929 bits per heavy atom. The van der Waals surface area contributed by atoms with Crippen molar-refractivity contribution in [3.05, 3.63) is 200 Å². The van der Waals surface area contributed by atoms with E-state index in [1.54, 1.807) is 0 Å². The van der Waals surface area contributed by atoms with E-state index in [1.807, 2.05) is 30.3 Å². The number of para-hydroxylation sites is 2. The third kappa shape index (κ3) is 5.31. The van der Waals surface area contributed by atoms with Crippen LogP contribution in [0.15, 0.2) is 205 Å². The lowest BCUT2D eigenvalue weighted by molar-refractivity contribution is 0.667. The van der Waals surface area contributed by atoms with Crippen LogP contribution in [0.25, 0.3) is 106 Å². The second-order valence-electron chi connectivity index (χ2n) is 14.2. The van der Waals surface area contributed by atoms with Crippen molar-refractivity contribution in [3.63, 3.8) is 0 Å². The molecule has 0 radical (unpaired) electrons. The van der Waals surface area contributed by atoms with Crippen molar-refractivity contribution >= 4 is 43.9 Å². The van der Waals surface area contributed by atoms with Gasteiger partial charge in [-0.1, -0.05) is 158 Å². The highest BCUT2D eigenvalue weighted by Gasteiger charge is 2.21. The first-order chi connectivity index (χ1) is 27.8. The van der Waals surface area contributed by atoms with Crippen molar-refractivity contribution in [1.29, 1.82) is 0 Å². The topological polar surface area (TPSA) is 43.9 Å². The lowest BCUT2D eigenvalue weighted by Crippen LogP contribution is -1.94. The van der Waals surface area contributed by atoms with E-state index in [2.05, 4.69) is 174 Å². The largest absolute Gasteiger partial charge is 0.452 e. The fourth-order valence-corrected chi connectivity index (χ4v) is 8.21. The minimum atomic E-state index is 0.659. The van der Waals surface area contributed by atoms with E-state index in [-0.39, 0.29) is 0 Å².